The van der Waals surface area contributed by atoms with E-state index in [4.69, 9.17) is 29.0 Å². The van der Waals surface area contributed by atoms with Gasteiger partial charge in [0, 0.05) is 19.0 Å². The van der Waals surface area contributed by atoms with Gasteiger partial charge in [-0.25, -0.2) is 13.9 Å². The Morgan fingerprint density at radius 2 is 1.24 bits per heavy atom. The number of aliphatic hydroxyl groups is 3. The van der Waals surface area contributed by atoms with Gasteiger partial charge in [0.05, 0.1) is 19.3 Å². The molecular weight excluding hydrogens is 1020 g/mol. The highest BCUT2D eigenvalue weighted by Crippen LogP contribution is 2.60. The van der Waals surface area contributed by atoms with Crippen LogP contribution in [0, 0.1) is 0 Å². The first-order chi connectivity index (χ1) is 36.6. The molecule has 76 heavy (non-hydrogen) atoms. The predicted molar refractivity (Wildman–Crippen MR) is 294 cm³/mol. The smallest absolute Gasteiger partial charge is 0.462 e. The number of allylic oxidation sites excluding steroid dienone is 12. The van der Waals surface area contributed by atoms with Gasteiger partial charge in [-0.05, 0) is 89.5 Å². The molecule has 0 spiro atoms. The van der Waals surface area contributed by atoms with Crippen LogP contribution in [0.1, 0.15) is 174 Å². The molecule has 1 aliphatic rings. The number of rotatable bonds is 44. The Kier molecular flexibility index (Phi) is 37.5. The van der Waals surface area contributed by atoms with Crippen molar-refractivity contribution in [1.29, 1.82) is 0 Å². The highest BCUT2D eigenvalue weighted by Gasteiger charge is 2.46. The van der Waals surface area contributed by atoms with Gasteiger partial charge in [0.25, 0.3) is 0 Å². The molecule has 0 aliphatic carbocycles. The molecule has 1 aromatic heterocycles. The molecular formula is C55H89N3O16P2. The number of nitrogen functional groups attached to an aromatic ring is 1. The van der Waals surface area contributed by atoms with Gasteiger partial charge >= 0.3 is 33.3 Å². The minimum absolute atomic E-state index is 0.0671. The van der Waals surface area contributed by atoms with E-state index in [0.717, 1.165) is 81.4 Å². The van der Waals surface area contributed by atoms with Gasteiger partial charge in [-0.1, -0.05) is 157 Å². The fourth-order valence-electron chi connectivity index (χ4n) is 7.51. The monoisotopic (exact) mass is 1110 g/mol. The van der Waals surface area contributed by atoms with Crippen molar-refractivity contribution in [2.45, 2.75) is 205 Å². The topological polar surface area (TPSA) is 286 Å². The van der Waals surface area contributed by atoms with Crippen LogP contribution in [0.4, 0.5) is 5.82 Å². The minimum atomic E-state index is -5.46. The molecule has 8 atom stereocenters. The summed E-state index contributed by atoms with van der Waals surface area (Å²) in [5.74, 6) is -1.43. The Morgan fingerprint density at radius 3 is 1.89 bits per heavy atom. The number of aromatic nitrogens is 2. The number of carbonyl (C=O) groups excluding carboxylic acids is 2. The van der Waals surface area contributed by atoms with Gasteiger partial charge in [0.15, 0.2) is 12.3 Å². The highest BCUT2D eigenvalue weighted by atomic mass is 31.3. The van der Waals surface area contributed by atoms with Crippen LogP contribution < -0.4 is 11.4 Å². The summed E-state index contributed by atoms with van der Waals surface area (Å²) in [7, 11) is -10.9. The van der Waals surface area contributed by atoms with E-state index < -0.39 is 89.8 Å². The van der Waals surface area contributed by atoms with Crippen molar-refractivity contribution in [2.75, 3.05) is 25.6 Å². The summed E-state index contributed by atoms with van der Waals surface area (Å²) in [6.07, 6.45) is 42.5. The molecule has 7 N–H and O–H groups in total. The number of esters is 2. The van der Waals surface area contributed by atoms with Crippen LogP contribution in [0.3, 0.4) is 0 Å². The van der Waals surface area contributed by atoms with Crippen molar-refractivity contribution in [3.8, 4) is 0 Å². The van der Waals surface area contributed by atoms with E-state index in [1.807, 2.05) is 36.5 Å². The zero-order chi connectivity index (χ0) is 55.7. The molecule has 2 heterocycles. The molecule has 0 amide bonds. The third-order valence-corrected chi connectivity index (χ3v) is 14.4. The Bertz CT molecular complexity index is 2120. The Morgan fingerprint density at radius 1 is 0.697 bits per heavy atom. The summed E-state index contributed by atoms with van der Waals surface area (Å²) in [6.45, 7) is 1.97. The molecule has 1 aliphatic heterocycles. The SMILES string of the molecule is CCCCC/C=C\C=C/[C@H](O)C/C=C\C/C=C/CCCC(=O)O[C@H](COC(=O)CCCCCCCC/C=C\C/C=C\C/C=C\CCCCCC)COP(=O)(O)OP(=O)(O)OC[C@H]1O[C@@H](n2ccc(N)nc2=O)[C@H](O)[C@@H]1O. The molecule has 0 radical (unpaired) electrons. The number of phosphoric acid groups is 2. The van der Waals surface area contributed by atoms with E-state index in [2.05, 4.69) is 65.7 Å². The number of hydrogen-bond acceptors (Lipinski definition) is 16. The number of ether oxygens (including phenoxy) is 3. The second kappa shape index (κ2) is 41.9. The van der Waals surface area contributed by atoms with E-state index in [9.17, 15) is 48.6 Å². The lowest BCUT2D eigenvalue weighted by atomic mass is 10.1. The van der Waals surface area contributed by atoms with Gasteiger partial charge < -0.3 is 45.1 Å². The van der Waals surface area contributed by atoms with Crippen LogP contribution in [-0.4, -0.2) is 96.9 Å². The lowest BCUT2D eigenvalue weighted by Crippen LogP contribution is -2.36. The average Bonchev–Trinajstić information content (AvgIpc) is 3.65. The van der Waals surface area contributed by atoms with E-state index in [0.29, 0.717) is 32.1 Å². The van der Waals surface area contributed by atoms with Crippen LogP contribution in [0.5, 0.6) is 0 Å². The Hall–Kier alpha value is -4.10. The Balaban J connectivity index is 1.82. The van der Waals surface area contributed by atoms with E-state index in [1.54, 1.807) is 6.08 Å². The number of nitrogens with zero attached hydrogens (tertiary/aromatic N) is 2. The van der Waals surface area contributed by atoms with Crippen molar-refractivity contribution in [2.24, 2.45) is 0 Å². The highest BCUT2D eigenvalue weighted by molar-refractivity contribution is 7.61. The summed E-state index contributed by atoms with van der Waals surface area (Å²) in [5.41, 5.74) is 4.58. The number of nitrogens with two attached hydrogens (primary N) is 1. The van der Waals surface area contributed by atoms with Gasteiger partial charge in [0.1, 0.15) is 30.7 Å². The first-order valence-corrected chi connectivity index (χ1v) is 30.2. The van der Waals surface area contributed by atoms with Crippen LogP contribution in [0.2, 0.25) is 0 Å². The molecule has 21 heteroatoms. The zero-order valence-electron chi connectivity index (χ0n) is 44.9. The van der Waals surface area contributed by atoms with Crippen molar-refractivity contribution in [1.82, 2.24) is 9.55 Å². The standard InChI is InChI=1S/C55H89N3O16P2/c1-3-5-7-9-11-12-13-14-15-16-17-18-19-20-21-22-23-27-31-35-39-50(60)69-43-47(72-51(61)40-36-32-28-24-26-30-34-38-46(59)37-33-29-25-10-8-6-4-2)44-70-75(65,66)74-76(67,68)71-45-48-52(62)53(63)54(73-48)58-42-41-49(56)57-55(58)64/h12-13,15-16,18-19,24-25,28-30,33-34,37,41-42,46-48,52-54,59,62-63H,3-11,14,17,20-23,26-27,31-32,35-36,38-40,43-45H2,1-2H3,(H,65,66)(H,67,68)(H2,56,57,64)/b13-12-,16-15-,19-18-,28-24+,29-25-,34-30-,37-33-/t46-,47+,48+,52+,53+,54+/m0/s1. The summed E-state index contributed by atoms with van der Waals surface area (Å²) in [4.78, 5) is 62.0. The van der Waals surface area contributed by atoms with E-state index in [-0.39, 0.29) is 18.7 Å². The molecule has 19 nitrogen and oxygen atoms in total. The van der Waals surface area contributed by atoms with Gasteiger partial charge in [-0.3, -0.25) is 23.2 Å². The van der Waals surface area contributed by atoms with E-state index in [1.165, 1.54) is 44.6 Å². The first kappa shape index (κ1) is 68.0. The van der Waals surface area contributed by atoms with Crippen LogP contribution in [-0.2, 0) is 46.3 Å². The van der Waals surface area contributed by atoms with Crippen molar-refractivity contribution in [3.63, 3.8) is 0 Å². The number of hydrogen-bond donors (Lipinski definition) is 6. The largest absolute Gasteiger partial charge is 0.481 e. The Labute approximate surface area is 450 Å². The second-order valence-electron chi connectivity index (χ2n) is 18.6. The van der Waals surface area contributed by atoms with Gasteiger partial charge in [0.2, 0.25) is 0 Å². The number of carbonyl (C=O) groups is 2. The quantitative estimate of drug-likeness (QED) is 0.0116. The molecule has 2 unspecified atom stereocenters. The first-order valence-electron chi connectivity index (χ1n) is 27.2. The normalized spacial score (nSPS) is 19.8. The molecule has 1 aromatic rings. The van der Waals surface area contributed by atoms with Gasteiger partial charge in [-0.15, -0.1) is 0 Å². The molecule has 1 fully saturated rings. The van der Waals surface area contributed by atoms with Crippen LogP contribution in [0.15, 0.2) is 102 Å². The summed E-state index contributed by atoms with van der Waals surface area (Å²) < 4.78 is 56.8. The predicted octanol–water partition coefficient (Wildman–Crippen LogP) is 10.8. The molecule has 0 aromatic carbocycles. The second-order valence-corrected chi connectivity index (χ2v) is 21.6. The summed E-state index contributed by atoms with van der Waals surface area (Å²) >= 11 is 0. The molecule has 0 bridgehead atoms. The van der Waals surface area contributed by atoms with Gasteiger partial charge in [-0.2, -0.15) is 9.29 Å². The number of aliphatic hydroxyl groups excluding tert-OH is 3. The van der Waals surface area contributed by atoms with Crippen LogP contribution >= 0.6 is 15.6 Å². The maximum Gasteiger partial charge on any atom is 0.481 e. The number of unbranched alkanes of at least 4 members (excludes halogenated alkanes) is 14. The maximum atomic E-state index is 12.9. The minimum Gasteiger partial charge on any atom is -0.462 e. The fraction of sp³-hybridized carbons (Fsp3) is 0.636. The molecule has 430 valence electrons. The third-order valence-electron chi connectivity index (χ3n) is 11.8. The summed E-state index contributed by atoms with van der Waals surface area (Å²) in [5, 5.41) is 31.1. The summed E-state index contributed by atoms with van der Waals surface area (Å²) in [6, 6.07) is 1.24. The van der Waals surface area contributed by atoms with Crippen LogP contribution in [0.25, 0.3) is 0 Å². The number of phosphoric ester groups is 2. The lowest BCUT2D eigenvalue weighted by molar-refractivity contribution is -0.161. The molecule has 2 rings (SSSR count). The fourth-order valence-corrected chi connectivity index (χ4v) is 9.62. The average molecular weight is 1110 g/mol. The number of anilines is 1. The zero-order valence-corrected chi connectivity index (χ0v) is 46.7. The maximum absolute atomic E-state index is 12.9. The van der Waals surface area contributed by atoms with Crippen molar-refractivity contribution in [3.05, 3.63) is 108 Å². The third kappa shape index (κ3) is 33.9. The van der Waals surface area contributed by atoms with Crippen molar-refractivity contribution < 1.29 is 71.4 Å². The molecule has 1 saturated heterocycles. The molecule has 0 saturated carbocycles. The lowest BCUT2D eigenvalue weighted by Gasteiger charge is -2.21. The van der Waals surface area contributed by atoms with E-state index >= 15 is 0 Å². The van der Waals surface area contributed by atoms with Crippen molar-refractivity contribution >= 4 is 33.4 Å².